The van der Waals surface area contributed by atoms with Crippen LogP contribution >= 0.6 is 0 Å². The summed E-state index contributed by atoms with van der Waals surface area (Å²) in [5, 5.41) is 2.56. The van der Waals surface area contributed by atoms with Gasteiger partial charge in [0.2, 0.25) is 0 Å². The summed E-state index contributed by atoms with van der Waals surface area (Å²) >= 11 is 0. The van der Waals surface area contributed by atoms with Gasteiger partial charge in [-0.25, -0.2) is 0 Å². The Morgan fingerprint density at radius 2 is 0.845 bits per heavy atom. The van der Waals surface area contributed by atoms with E-state index < -0.39 is 0 Å². The number of rotatable bonds is 2. The van der Waals surface area contributed by atoms with Crippen LogP contribution in [0.25, 0.3) is 38.6 Å². The third kappa shape index (κ3) is 3.90. The van der Waals surface area contributed by atoms with Crippen molar-refractivity contribution in [2.24, 2.45) is 0 Å². The summed E-state index contributed by atoms with van der Waals surface area (Å²) < 4.78 is 2.41. The molecule has 0 amide bonds. The highest BCUT2D eigenvalue weighted by Crippen LogP contribution is 2.57. The molecule has 0 saturated heterocycles. The van der Waals surface area contributed by atoms with Gasteiger partial charge in [0.25, 0.3) is 6.71 Å². The van der Waals surface area contributed by atoms with Crippen LogP contribution in [0.15, 0.2) is 170 Å². The SMILES string of the molecule is CC1(C)c2ccccc2N2c3cc(-c4ccc(-n5c6ccccc6c6ccccc65)cc4)cc4c3B(c3cccc1c32)c1cccc2c1N4c1ccccc1C2(C)C. The molecule has 0 unspecified atom stereocenters. The predicted octanol–water partition coefficient (Wildman–Crippen LogP) is 11.8. The molecule has 0 saturated carbocycles. The van der Waals surface area contributed by atoms with E-state index in [4.69, 9.17) is 0 Å². The number of nitrogens with zero attached hydrogens (tertiary/aromatic N) is 3. The number of para-hydroxylation sites is 6. The Kier molecular flexibility index (Phi) is 6.13. The van der Waals surface area contributed by atoms with Crippen molar-refractivity contribution < 1.29 is 0 Å². The molecule has 9 aromatic rings. The van der Waals surface area contributed by atoms with E-state index in [0.29, 0.717) is 0 Å². The van der Waals surface area contributed by atoms with E-state index in [0.717, 1.165) is 5.69 Å². The highest BCUT2D eigenvalue weighted by atomic mass is 15.2. The smallest absolute Gasteiger partial charge is 0.252 e. The Balaban J connectivity index is 1.10. The van der Waals surface area contributed by atoms with E-state index in [1.807, 2.05) is 0 Å². The third-order valence-corrected chi connectivity index (χ3v) is 14.1. The van der Waals surface area contributed by atoms with Gasteiger partial charge in [0.1, 0.15) is 0 Å². The van der Waals surface area contributed by atoms with Crippen LogP contribution in [0.3, 0.4) is 0 Å². The largest absolute Gasteiger partial charge is 0.311 e. The monoisotopic (exact) mass is 741 g/mol. The van der Waals surface area contributed by atoms with Crippen LogP contribution in [-0.2, 0) is 10.8 Å². The Hall–Kier alpha value is -6.78. The van der Waals surface area contributed by atoms with Gasteiger partial charge in [-0.15, -0.1) is 0 Å². The quantitative estimate of drug-likeness (QED) is 0.164. The van der Waals surface area contributed by atoms with Gasteiger partial charge in [0.05, 0.1) is 22.4 Å². The molecule has 0 atom stereocenters. The predicted molar refractivity (Wildman–Crippen MR) is 244 cm³/mol. The zero-order valence-electron chi connectivity index (χ0n) is 33.1. The highest BCUT2D eigenvalue weighted by molar-refractivity contribution is 7.00. The topological polar surface area (TPSA) is 11.4 Å². The Morgan fingerprint density at radius 3 is 1.36 bits per heavy atom. The molecule has 4 heteroatoms. The minimum Gasteiger partial charge on any atom is -0.311 e. The lowest BCUT2D eigenvalue weighted by Gasteiger charge is -2.52. The van der Waals surface area contributed by atoms with Gasteiger partial charge in [-0.3, -0.25) is 0 Å². The number of hydrogen-bond donors (Lipinski definition) is 0. The van der Waals surface area contributed by atoms with E-state index in [1.54, 1.807) is 0 Å². The number of fused-ring (bicyclic) bond motifs is 11. The molecule has 0 spiro atoms. The molecule has 0 radical (unpaired) electrons. The second-order valence-corrected chi connectivity index (χ2v) is 17.7. The average molecular weight is 742 g/mol. The Bertz CT molecular complexity index is 3070. The van der Waals surface area contributed by atoms with Crippen LogP contribution in [0, 0.1) is 0 Å². The molecule has 0 N–H and O–H groups in total. The van der Waals surface area contributed by atoms with Crippen LogP contribution < -0.4 is 26.2 Å². The number of hydrogen-bond acceptors (Lipinski definition) is 2. The summed E-state index contributed by atoms with van der Waals surface area (Å²) in [6.45, 7) is 9.71. The first kappa shape index (κ1) is 32.3. The van der Waals surface area contributed by atoms with E-state index in [-0.39, 0.29) is 17.5 Å². The van der Waals surface area contributed by atoms with Crippen molar-refractivity contribution >= 4 is 79.0 Å². The second-order valence-electron chi connectivity index (χ2n) is 17.7. The van der Waals surface area contributed by atoms with Crippen molar-refractivity contribution in [2.45, 2.75) is 38.5 Å². The molecule has 1 aromatic heterocycles. The molecule has 8 aromatic carbocycles. The van der Waals surface area contributed by atoms with Crippen molar-refractivity contribution in [3.63, 3.8) is 0 Å². The van der Waals surface area contributed by atoms with Gasteiger partial charge >= 0.3 is 0 Å². The molecule has 5 heterocycles. The minimum absolute atomic E-state index is 0.0938. The molecule has 58 heavy (non-hydrogen) atoms. The molecule has 4 aliphatic rings. The molecular weight excluding hydrogens is 701 g/mol. The lowest BCUT2D eigenvalue weighted by Crippen LogP contribution is -2.63. The van der Waals surface area contributed by atoms with Crippen LogP contribution in [0.1, 0.15) is 49.9 Å². The normalized spacial score (nSPS) is 15.8. The zero-order valence-corrected chi connectivity index (χ0v) is 33.1. The fourth-order valence-electron chi connectivity index (χ4n) is 11.5. The van der Waals surface area contributed by atoms with Crippen molar-refractivity contribution in [1.29, 1.82) is 0 Å². The number of anilines is 6. The maximum atomic E-state index is 2.62. The van der Waals surface area contributed by atoms with E-state index in [2.05, 4.69) is 212 Å². The summed E-state index contributed by atoms with van der Waals surface area (Å²) in [5.41, 5.74) is 23.1. The molecule has 274 valence electrons. The lowest BCUT2D eigenvalue weighted by molar-refractivity contribution is 0.632. The van der Waals surface area contributed by atoms with Crippen molar-refractivity contribution in [3.05, 3.63) is 192 Å². The molecule has 4 aliphatic heterocycles. The zero-order chi connectivity index (χ0) is 38.7. The summed E-state index contributed by atoms with van der Waals surface area (Å²) in [7, 11) is 0. The van der Waals surface area contributed by atoms with E-state index >= 15 is 0 Å². The van der Waals surface area contributed by atoms with Gasteiger partial charge in [-0.2, -0.15) is 0 Å². The highest BCUT2D eigenvalue weighted by Gasteiger charge is 2.50. The van der Waals surface area contributed by atoms with Crippen LogP contribution in [0.2, 0.25) is 0 Å². The first-order valence-electron chi connectivity index (χ1n) is 20.7. The summed E-state index contributed by atoms with van der Waals surface area (Å²) in [6.07, 6.45) is 0. The maximum Gasteiger partial charge on any atom is 0.252 e. The number of aromatic nitrogens is 1. The maximum absolute atomic E-state index is 2.62. The fourth-order valence-corrected chi connectivity index (χ4v) is 11.5. The first-order chi connectivity index (χ1) is 28.3. The van der Waals surface area contributed by atoms with Gasteiger partial charge in [-0.05, 0) is 98.3 Å². The number of benzene rings is 8. The van der Waals surface area contributed by atoms with Gasteiger partial charge in [-0.1, -0.05) is 149 Å². The van der Waals surface area contributed by atoms with Gasteiger partial charge in [0, 0.05) is 50.0 Å². The molecule has 13 rings (SSSR count). The van der Waals surface area contributed by atoms with Crippen LogP contribution in [-0.4, -0.2) is 11.3 Å². The lowest BCUT2D eigenvalue weighted by atomic mass is 9.32. The molecule has 0 bridgehead atoms. The van der Waals surface area contributed by atoms with Crippen LogP contribution in [0.5, 0.6) is 0 Å². The van der Waals surface area contributed by atoms with E-state index in [9.17, 15) is 0 Å². The standard InChI is InChI=1S/C54H40BN3/c1-53(2)38-17-7-11-25-46(38)57-48-31-34(33-27-29-35(30-28-33)56-44-23-9-5-15-36(44)37-16-6-10-24-45(37)56)32-49-50(48)55(42-21-13-19-40(53)51(42)57)43-22-14-20-41-52(43)58(49)47-26-12-8-18-39(47)54(41,3)4/h5-32H,1-4H3. The van der Waals surface area contributed by atoms with Crippen LogP contribution in [0.4, 0.5) is 34.1 Å². The minimum atomic E-state index is -0.156. The molecule has 3 nitrogen and oxygen atoms in total. The van der Waals surface area contributed by atoms with Gasteiger partial charge < -0.3 is 14.4 Å². The van der Waals surface area contributed by atoms with Crippen molar-refractivity contribution in [2.75, 3.05) is 9.80 Å². The summed E-state index contributed by atoms with van der Waals surface area (Å²) in [5.74, 6) is 0. The Morgan fingerprint density at radius 1 is 0.397 bits per heavy atom. The molecule has 0 aliphatic carbocycles. The summed E-state index contributed by atoms with van der Waals surface area (Å²) in [6, 6.07) is 64.1. The van der Waals surface area contributed by atoms with Crippen molar-refractivity contribution in [1.82, 2.24) is 4.57 Å². The average Bonchev–Trinajstić information content (AvgIpc) is 3.59. The molecular formula is C54H40BN3. The van der Waals surface area contributed by atoms with E-state index in [1.165, 1.54) is 106 Å². The van der Waals surface area contributed by atoms with Crippen molar-refractivity contribution in [3.8, 4) is 16.8 Å². The first-order valence-corrected chi connectivity index (χ1v) is 20.7. The second kappa shape index (κ2) is 11.0. The third-order valence-electron chi connectivity index (χ3n) is 14.1. The summed E-state index contributed by atoms with van der Waals surface area (Å²) in [4.78, 5) is 5.23. The fraction of sp³-hybridized carbons (Fsp3) is 0.111. The Labute approximate surface area is 339 Å². The van der Waals surface area contributed by atoms with Gasteiger partial charge in [0.15, 0.2) is 0 Å². The molecule has 0 fully saturated rings.